The van der Waals surface area contributed by atoms with E-state index in [0.29, 0.717) is 44.8 Å². The van der Waals surface area contributed by atoms with Crippen LogP contribution in [0.4, 0.5) is 0 Å². The number of ether oxygens (including phenoxy) is 2. The number of hydrogen-bond acceptors (Lipinski definition) is 6. The lowest BCUT2D eigenvalue weighted by Crippen LogP contribution is -2.38. The van der Waals surface area contributed by atoms with Gasteiger partial charge in [-0.05, 0) is 17.9 Å². The Bertz CT molecular complexity index is 628. The van der Waals surface area contributed by atoms with E-state index in [1.807, 2.05) is 17.5 Å². The van der Waals surface area contributed by atoms with Crippen molar-refractivity contribution in [2.24, 2.45) is 4.99 Å². The summed E-state index contributed by atoms with van der Waals surface area (Å²) in [6.07, 6.45) is 3.92. The molecule has 0 aromatic carbocycles. The van der Waals surface area contributed by atoms with Crippen LogP contribution in [-0.2, 0) is 16.0 Å². The highest BCUT2D eigenvalue weighted by molar-refractivity contribution is 7.13. The van der Waals surface area contributed by atoms with E-state index in [0.717, 1.165) is 30.0 Å². The molecular weight excluding hydrogens is 352 g/mol. The van der Waals surface area contributed by atoms with Crippen LogP contribution in [0.5, 0.6) is 0 Å². The molecule has 0 saturated carbocycles. The number of aromatic nitrogens is 1. The second-order valence-electron chi connectivity index (χ2n) is 5.55. The Morgan fingerprint density at radius 2 is 2.08 bits per heavy atom. The minimum Gasteiger partial charge on any atom is -0.443 e. The molecule has 2 rings (SSSR count). The topological polar surface area (TPSA) is 80.9 Å². The lowest BCUT2D eigenvalue weighted by Gasteiger charge is -2.11. The fraction of sp³-hybridized carbons (Fsp3) is 0.556. The van der Waals surface area contributed by atoms with Crippen LogP contribution < -0.4 is 10.6 Å². The van der Waals surface area contributed by atoms with Crippen LogP contribution in [0.15, 0.2) is 33.2 Å². The molecular formula is C18H28N4O3S. The first-order chi connectivity index (χ1) is 12.8. The summed E-state index contributed by atoms with van der Waals surface area (Å²) >= 11 is 1.61. The van der Waals surface area contributed by atoms with Crippen LogP contribution in [0.1, 0.15) is 25.5 Å². The van der Waals surface area contributed by atoms with Gasteiger partial charge in [-0.1, -0.05) is 19.4 Å². The average Bonchev–Trinajstić information content (AvgIpc) is 3.34. The van der Waals surface area contributed by atoms with Crippen LogP contribution in [0.2, 0.25) is 0 Å². The summed E-state index contributed by atoms with van der Waals surface area (Å²) in [5.74, 6) is 1.35. The molecule has 0 unspecified atom stereocenters. The zero-order chi connectivity index (χ0) is 18.5. The third-order valence-corrected chi connectivity index (χ3v) is 4.36. The Labute approximate surface area is 158 Å². The maximum Gasteiger partial charge on any atom is 0.236 e. The quantitative estimate of drug-likeness (QED) is 0.335. The standard InChI is InChI=1S/C18H28N4O3S/c1-3-4-8-23-10-11-24-9-7-20-18(19-2)21-13-15-14-25-17(22-15)16-6-5-12-26-16/h5-6,12,14H,3-4,7-11,13H2,1-2H3,(H2,19,20,21). The number of nitrogens with zero attached hydrogens (tertiary/aromatic N) is 2. The van der Waals surface area contributed by atoms with Gasteiger partial charge >= 0.3 is 0 Å². The van der Waals surface area contributed by atoms with Crippen molar-refractivity contribution in [3.63, 3.8) is 0 Å². The molecule has 2 heterocycles. The summed E-state index contributed by atoms with van der Waals surface area (Å²) < 4.78 is 16.5. The van der Waals surface area contributed by atoms with Crippen LogP contribution >= 0.6 is 11.3 Å². The minimum absolute atomic E-state index is 0.542. The molecule has 0 aliphatic carbocycles. The maximum absolute atomic E-state index is 5.52. The van der Waals surface area contributed by atoms with Crippen molar-refractivity contribution < 1.29 is 13.9 Å². The molecule has 0 fully saturated rings. The molecule has 144 valence electrons. The summed E-state index contributed by atoms with van der Waals surface area (Å²) in [6, 6.07) is 3.97. The average molecular weight is 381 g/mol. The van der Waals surface area contributed by atoms with Crippen molar-refractivity contribution >= 4 is 17.3 Å². The number of rotatable bonds is 12. The van der Waals surface area contributed by atoms with Gasteiger partial charge < -0.3 is 24.5 Å². The van der Waals surface area contributed by atoms with E-state index in [-0.39, 0.29) is 0 Å². The van der Waals surface area contributed by atoms with Crippen molar-refractivity contribution in [3.05, 3.63) is 29.5 Å². The van der Waals surface area contributed by atoms with E-state index in [1.54, 1.807) is 24.6 Å². The van der Waals surface area contributed by atoms with Crippen molar-refractivity contribution in [2.45, 2.75) is 26.3 Å². The van der Waals surface area contributed by atoms with Crippen molar-refractivity contribution in [2.75, 3.05) is 40.0 Å². The van der Waals surface area contributed by atoms with E-state index < -0.39 is 0 Å². The van der Waals surface area contributed by atoms with Crippen LogP contribution in [0.3, 0.4) is 0 Å². The molecule has 0 bridgehead atoms. The van der Waals surface area contributed by atoms with Gasteiger partial charge in [-0.3, -0.25) is 4.99 Å². The summed E-state index contributed by atoms with van der Waals surface area (Å²) in [5, 5.41) is 8.41. The van der Waals surface area contributed by atoms with Gasteiger partial charge in [0, 0.05) is 20.2 Å². The fourth-order valence-corrected chi connectivity index (χ4v) is 2.76. The number of nitrogens with one attached hydrogen (secondary N) is 2. The Balaban J connectivity index is 1.57. The maximum atomic E-state index is 5.52. The SMILES string of the molecule is CCCCOCCOCCNC(=NC)NCc1coc(-c2cccs2)n1. The van der Waals surface area contributed by atoms with Crippen LogP contribution in [0.25, 0.3) is 10.8 Å². The molecule has 26 heavy (non-hydrogen) atoms. The first-order valence-electron chi connectivity index (χ1n) is 8.91. The van der Waals surface area contributed by atoms with Crippen molar-refractivity contribution in [1.82, 2.24) is 15.6 Å². The zero-order valence-electron chi connectivity index (χ0n) is 15.5. The van der Waals surface area contributed by atoms with Crippen molar-refractivity contribution in [3.8, 4) is 10.8 Å². The van der Waals surface area contributed by atoms with Gasteiger partial charge in [-0.25, -0.2) is 4.98 Å². The predicted octanol–water partition coefficient (Wildman–Crippen LogP) is 2.90. The Hall–Kier alpha value is -1.90. The summed E-state index contributed by atoms with van der Waals surface area (Å²) in [7, 11) is 1.73. The largest absolute Gasteiger partial charge is 0.443 e. The number of hydrogen-bond donors (Lipinski definition) is 2. The monoisotopic (exact) mass is 380 g/mol. The molecule has 0 saturated heterocycles. The first kappa shape index (κ1) is 20.4. The number of thiophene rings is 1. The summed E-state index contributed by atoms with van der Waals surface area (Å²) in [5.41, 5.74) is 0.830. The second kappa shape index (κ2) is 12.5. The molecule has 0 atom stereocenters. The van der Waals surface area contributed by atoms with Crippen molar-refractivity contribution in [1.29, 1.82) is 0 Å². The third-order valence-electron chi connectivity index (χ3n) is 3.50. The lowest BCUT2D eigenvalue weighted by molar-refractivity contribution is 0.0487. The Kier molecular flexibility index (Phi) is 9.78. The lowest BCUT2D eigenvalue weighted by atomic mass is 10.4. The molecule has 8 heteroatoms. The van der Waals surface area contributed by atoms with E-state index in [4.69, 9.17) is 13.9 Å². The van der Waals surface area contributed by atoms with E-state index in [9.17, 15) is 0 Å². The van der Waals surface area contributed by atoms with Gasteiger partial charge in [0.2, 0.25) is 5.89 Å². The highest BCUT2D eigenvalue weighted by Gasteiger charge is 2.07. The van der Waals surface area contributed by atoms with Gasteiger partial charge in [0.25, 0.3) is 0 Å². The molecule has 0 spiro atoms. The Morgan fingerprint density at radius 1 is 1.23 bits per heavy atom. The highest BCUT2D eigenvalue weighted by Crippen LogP contribution is 2.23. The molecule has 7 nitrogen and oxygen atoms in total. The highest BCUT2D eigenvalue weighted by atomic mass is 32.1. The molecule has 0 aliphatic rings. The summed E-state index contributed by atoms with van der Waals surface area (Å²) in [6.45, 7) is 6.04. The van der Waals surface area contributed by atoms with Gasteiger partial charge in [0.15, 0.2) is 5.96 Å². The number of oxazole rings is 1. The zero-order valence-corrected chi connectivity index (χ0v) is 16.3. The molecule has 0 radical (unpaired) electrons. The number of unbranched alkanes of at least 4 members (excludes halogenated alkanes) is 1. The van der Waals surface area contributed by atoms with E-state index >= 15 is 0 Å². The Morgan fingerprint density at radius 3 is 2.81 bits per heavy atom. The third kappa shape index (κ3) is 7.55. The summed E-state index contributed by atoms with van der Waals surface area (Å²) in [4.78, 5) is 9.68. The molecule has 0 amide bonds. The molecule has 0 aliphatic heterocycles. The minimum atomic E-state index is 0.542. The molecule has 2 aromatic heterocycles. The van der Waals surface area contributed by atoms with Crippen LogP contribution in [0, 0.1) is 0 Å². The second-order valence-corrected chi connectivity index (χ2v) is 6.50. The van der Waals surface area contributed by atoms with Gasteiger partial charge in [0.05, 0.1) is 36.9 Å². The number of guanidine groups is 1. The van der Waals surface area contributed by atoms with Crippen LogP contribution in [-0.4, -0.2) is 51.0 Å². The normalized spacial score (nSPS) is 11.7. The van der Waals surface area contributed by atoms with E-state index in [2.05, 4.69) is 27.5 Å². The number of aliphatic imine (C=N–C) groups is 1. The molecule has 2 aromatic rings. The van der Waals surface area contributed by atoms with Gasteiger partial charge in [0.1, 0.15) is 6.26 Å². The van der Waals surface area contributed by atoms with Gasteiger partial charge in [-0.2, -0.15) is 0 Å². The molecule has 2 N–H and O–H groups in total. The van der Waals surface area contributed by atoms with Gasteiger partial charge in [-0.15, -0.1) is 11.3 Å². The predicted molar refractivity (Wildman–Crippen MR) is 105 cm³/mol. The first-order valence-corrected chi connectivity index (χ1v) is 9.79. The fourth-order valence-electron chi connectivity index (χ4n) is 2.11. The van der Waals surface area contributed by atoms with E-state index in [1.165, 1.54) is 0 Å². The smallest absolute Gasteiger partial charge is 0.236 e.